The van der Waals surface area contributed by atoms with Gasteiger partial charge in [-0.1, -0.05) is 24.3 Å². The van der Waals surface area contributed by atoms with Crippen LogP contribution < -0.4 is 10.7 Å². The van der Waals surface area contributed by atoms with Crippen LogP contribution in [-0.4, -0.2) is 29.6 Å². The van der Waals surface area contributed by atoms with Gasteiger partial charge in [-0.3, -0.25) is 4.79 Å². The molecule has 25 heavy (non-hydrogen) atoms. The maximum absolute atomic E-state index is 11.7. The summed E-state index contributed by atoms with van der Waals surface area (Å²) in [6.07, 6.45) is 1.84. The third-order valence-corrected chi connectivity index (χ3v) is 4.35. The fourth-order valence-corrected chi connectivity index (χ4v) is 3.07. The Hall–Kier alpha value is -2.78. The summed E-state index contributed by atoms with van der Waals surface area (Å²) < 4.78 is 0. The zero-order valence-electron chi connectivity index (χ0n) is 14.4. The van der Waals surface area contributed by atoms with Gasteiger partial charge in [-0.25, -0.2) is 5.01 Å². The Morgan fingerprint density at radius 2 is 1.96 bits per heavy atom. The lowest BCUT2D eigenvalue weighted by molar-refractivity contribution is -0.127. The van der Waals surface area contributed by atoms with Crippen molar-refractivity contribution < 1.29 is 4.79 Å². The van der Waals surface area contributed by atoms with E-state index < -0.39 is 0 Å². The van der Waals surface area contributed by atoms with Gasteiger partial charge in [0.1, 0.15) is 17.5 Å². The molecule has 0 unspecified atom stereocenters. The number of hydrogen-bond donors (Lipinski definition) is 1. The largest absolute Gasteiger partial charge is 0.383 e. The molecule has 0 saturated heterocycles. The van der Waals surface area contributed by atoms with E-state index in [2.05, 4.69) is 11.2 Å². The van der Waals surface area contributed by atoms with Gasteiger partial charge >= 0.3 is 0 Å². The molecule has 0 saturated carbocycles. The van der Waals surface area contributed by atoms with Gasteiger partial charge in [-0.05, 0) is 25.0 Å². The van der Waals surface area contributed by atoms with Crippen LogP contribution in [0, 0.1) is 25.2 Å². The van der Waals surface area contributed by atoms with Gasteiger partial charge in [0.25, 0.3) is 0 Å². The second kappa shape index (κ2) is 6.99. The highest BCUT2D eigenvalue weighted by Gasteiger charge is 2.31. The van der Waals surface area contributed by atoms with Gasteiger partial charge in [-0.2, -0.15) is 10.4 Å². The third kappa shape index (κ3) is 3.11. The Kier molecular flexibility index (Phi) is 5.19. The van der Waals surface area contributed by atoms with Crippen LogP contribution in [0.3, 0.4) is 0 Å². The summed E-state index contributed by atoms with van der Waals surface area (Å²) in [5, 5.41) is 15.9. The average Bonchev–Trinajstić information content (AvgIpc) is 2.54. The number of para-hydroxylation sites is 1. The monoisotopic (exact) mass is 357 g/mol. The Balaban J connectivity index is 0.00000225. The minimum atomic E-state index is -0.0207. The van der Waals surface area contributed by atoms with Crippen LogP contribution in [0.25, 0.3) is 0 Å². The molecule has 6 nitrogen and oxygen atoms in total. The van der Waals surface area contributed by atoms with E-state index >= 15 is 0 Å². The van der Waals surface area contributed by atoms with E-state index in [1.165, 1.54) is 6.92 Å². The van der Waals surface area contributed by atoms with E-state index in [4.69, 9.17) is 5.73 Å². The molecule has 0 spiro atoms. The van der Waals surface area contributed by atoms with Crippen molar-refractivity contribution in [2.75, 3.05) is 18.1 Å². The van der Waals surface area contributed by atoms with Crippen LogP contribution >= 0.6 is 12.4 Å². The molecule has 1 aromatic rings. The van der Waals surface area contributed by atoms with Crippen LogP contribution in [-0.2, 0) is 4.79 Å². The molecule has 3 rings (SSSR count). The highest BCUT2D eigenvalue weighted by molar-refractivity contribution is 6.10. The van der Waals surface area contributed by atoms with E-state index in [-0.39, 0.29) is 18.3 Å². The molecule has 1 amide bonds. The van der Waals surface area contributed by atoms with Crippen LogP contribution in [0.1, 0.15) is 18.1 Å². The van der Waals surface area contributed by atoms with Crippen molar-refractivity contribution in [1.82, 2.24) is 4.90 Å². The highest BCUT2D eigenvalue weighted by Crippen LogP contribution is 2.33. The normalized spacial score (nSPS) is 16.4. The number of carbonyl (C=O) groups excluding carboxylic acids is 1. The molecule has 0 atom stereocenters. The third-order valence-electron chi connectivity index (χ3n) is 4.35. The van der Waals surface area contributed by atoms with Crippen LogP contribution in [0.4, 0.5) is 5.69 Å². The number of allylic oxidation sites excluding steroid dienone is 1. The van der Waals surface area contributed by atoms with Crippen molar-refractivity contribution in [1.29, 1.82) is 5.26 Å². The standard InChI is InChI=1S/C18H19N5O.ClH/c1-11-5-4-6-12(2)17(11)23-18(20)15(9-19)14-7-8-22(13(3)24)10-16(14)21-23;/h4-7H,8,10,20H2,1-3H3;1H. The summed E-state index contributed by atoms with van der Waals surface area (Å²) in [6, 6.07) is 8.13. The SMILES string of the molecule is CC(=O)N1CC=C2C(=NN(c3c(C)cccc3C)C(N)=C2C#N)C1.Cl. The first-order valence-electron chi connectivity index (χ1n) is 7.74. The molecule has 2 aliphatic rings. The first-order valence-corrected chi connectivity index (χ1v) is 7.74. The van der Waals surface area contributed by atoms with Crippen molar-refractivity contribution in [3.63, 3.8) is 0 Å². The number of carbonyl (C=O) groups is 1. The predicted octanol–water partition coefficient (Wildman–Crippen LogP) is 2.38. The average molecular weight is 358 g/mol. The number of hydrogen-bond acceptors (Lipinski definition) is 5. The molecule has 7 heteroatoms. The second-order valence-electron chi connectivity index (χ2n) is 5.99. The number of hydrazone groups is 1. The zero-order chi connectivity index (χ0) is 17.4. The molecule has 0 aliphatic carbocycles. The summed E-state index contributed by atoms with van der Waals surface area (Å²) in [4.78, 5) is 13.4. The summed E-state index contributed by atoms with van der Waals surface area (Å²) in [5.41, 5.74) is 11.0. The van der Waals surface area contributed by atoms with Crippen molar-refractivity contribution in [3.05, 3.63) is 52.4 Å². The van der Waals surface area contributed by atoms with Crippen molar-refractivity contribution in [3.8, 4) is 6.07 Å². The molecule has 130 valence electrons. The number of nitriles is 1. The predicted molar refractivity (Wildman–Crippen MR) is 100 cm³/mol. The molecule has 2 N–H and O–H groups in total. The first kappa shape index (κ1) is 18.6. The first-order chi connectivity index (χ1) is 11.4. The topological polar surface area (TPSA) is 85.7 Å². The quantitative estimate of drug-likeness (QED) is 0.836. The summed E-state index contributed by atoms with van der Waals surface area (Å²) in [5.74, 6) is 0.300. The lowest BCUT2D eigenvalue weighted by atomic mass is 9.96. The van der Waals surface area contributed by atoms with Crippen LogP contribution in [0.15, 0.2) is 46.3 Å². The fourth-order valence-electron chi connectivity index (χ4n) is 3.07. The number of halogens is 1. The molecule has 0 bridgehead atoms. The van der Waals surface area contributed by atoms with E-state index in [9.17, 15) is 10.1 Å². The van der Waals surface area contributed by atoms with Crippen molar-refractivity contribution >= 4 is 29.7 Å². The number of nitrogens with two attached hydrogens (primary N) is 1. The minimum absolute atomic E-state index is 0. The Labute approximate surface area is 153 Å². The summed E-state index contributed by atoms with van der Waals surface area (Å²) in [7, 11) is 0. The number of aryl methyl sites for hydroxylation is 2. The number of fused-ring (bicyclic) bond motifs is 1. The summed E-state index contributed by atoms with van der Waals surface area (Å²) in [6.45, 7) is 6.33. The lowest BCUT2D eigenvalue weighted by Gasteiger charge is -2.34. The molecule has 2 heterocycles. The number of rotatable bonds is 1. The molecule has 0 fully saturated rings. The Bertz CT molecular complexity index is 842. The van der Waals surface area contributed by atoms with Gasteiger partial charge in [0.2, 0.25) is 5.91 Å². The van der Waals surface area contributed by atoms with E-state index in [0.717, 1.165) is 22.4 Å². The van der Waals surface area contributed by atoms with Crippen LogP contribution in [0.2, 0.25) is 0 Å². The molecule has 1 aromatic carbocycles. The van der Waals surface area contributed by atoms with E-state index in [1.54, 1.807) is 9.91 Å². The molecular weight excluding hydrogens is 338 g/mol. The molecule has 0 radical (unpaired) electrons. The zero-order valence-corrected chi connectivity index (χ0v) is 15.2. The highest BCUT2D eigenvalue weighted by atomic mass is 35.5. The number of anilines is 1. The van der Waals surface area contributed by atoms with E-state index in [0.29, 0.717) is 30.2 Å². The maximum Gasteiger partial charge on any atom is 0.220 e. The van der Waals surface area contributed by atoms with Gasteiger partial charge in [0, 0.05) is 19.0 Å². The number of amides is 1. The molecule has 2 aliphatic heterocycles. The van der Waals surface area contributed by atoms with E-state index in [1.807, 2.05) is 38.1 Å². The van der Waals surface area contributed by atoms with Crippen LogP contribution in [0.5, 0.6) is 0 Å². The number of nitrogens with zero attached hydrogens (tertiary/aromatic N) is 4. The van der Waals surface area contributed by atoms with Gasteiger partial charge in [0.15, 0.2) is 0 Å². The van der Waals surface area contributed by atoms with Gasteiger partial charge < -0.3 is 10.6 Å². The maximum atomic E-state index is 11.7. The Morgan fingerprint density at radius 3 is 2.52 bits per heavy atom. The Morgan fingerprint density at radius 1 is 1.32 bits per heavy atom. The number of benzene rings is 1. The molecular formula is C18H20ClN5O. The lowest BCUT2D eigenvalue weighted by Crippen LogP contribution is -2.42. The summed E-state index contributed by atoms with van der Waals surface area (Å²) >= 11 is 0. The second-order valence-corrected chi connectivity index (χ2v) is 5.99. The van der Waals surface area contributed by atoms with Gasteiger partial charge in [0.05, 0.1) is 17.9 Å². The molecule has 0 aromatic heterocycles. The minimum Gasteiger partial charge on any atom is -0.383 e. The fraction of sp³-hybridized carbons (Fsp3) is 0.278. The van der Waals surface area contributed by atoms with Crippen molar-refractivity contribution in [2.24, 2.45) is 10.8 Å². The smallest absolute Gasteiger partial charge is 0.220 e. The van der Waals surface area contributed by atoms with Gasteiger partial charge in [-0.15, -0.1) is 12.4 Å². The van der Waals surface area contributed by atoms with Crippen molar-refractivity contribution in [2.45, 2.75) is 20.8 Å².